The summed E-state index contributed by atoms with van der Waals surface area (Å²) in [5.74, 6) is 7.14. The standard InChI is InChI=1S/C22H24O4/c1-4-6-19(15-22(23)25-5-2)18-9-13-21(14-10-18)26-16-17-7-11-20(24-3)12-8-17/h7-14,19H,5,15-16H2,1-3H3. The summed E-state index contributed by atoms with van der Waals surface area (Å²) in [5.41, 5.74) is 2.04. The number of esters is 1. The molecule has 0 aromatic heterocycles. The SMILES string of the molecule is CC#CC(CC(=O)OCC)c1ccc(OCc2ccc(OC)cc2)cc1. The predicted molar refractivity (Wildman–Crippen MR) is 101 cm³/mol. The van der Waals surface area contributed by atoms with E-state index < -0.39 is 0 Å². The van der Waals surface area contributed by atoms with E-state index in [2.05, 4.69) is 11.8 Å². The lowest BCUT2D eigenvalue weighted by Gasteiger charge is -2.12. The molecule has 4 heteroatoms. The molecule has 0 saturated carbocycles. The van der Waals surface area contributed by atoms with Crippen LogP contribution in [0.25, 0.3) is 0 Å². The minimum Gasteiger partial charge on any atom is -0.497 e. The zero-order chi connectivity index (χ0) is 18.8. The van der Waals surface area contributed by atoms with Gasteiger partial charge in [0.1, 0.15) is 18.1 Å². The number of rotatable bonds is 8. The molecule has 4 nitrogen and oxygen atoms in total. The average molecular weight is 352 g/mol. The van der Waals surface area contributed by atoms with Gasteiger partial charge in [-0.25, -0.2) is 0 Å². The van der Waals surface area contributed by atoms with Gasteiger partial charge in [-0.05, 0) is 49.2 Å². The fourth-order valence-electron chi connectivity index (χ4n) is 2.50. The van der Waals surface area contributed by atoms with Crippen molar-refractivity contribution in [3.63, 3.8) is 0 Å². The van der Waals surface area contributed by atoms with Gasteiger partial charge in [0.05, 0.1) is 26.1 Å². The fourth-order valence-corrected chi connectivity index (χ4v) is 2.50. The summed E-state index contributed by atoms with van der Waals surface area (Å²) in [6, 6.07) is 15.4. The quantitative estimate of drug-likeness (QED) is 0.524. The van der Waals surface area contributed by atoms with Crippen LogP contribution in [0.2, 0.25) is 0 Å². The zero-order valence-corrected chi connectivity index (χ0v) is 15.5. The van der Waals surface area contributed by atoms with Gasteiger partial charge in [-0.1, -0.05) is 30.2 Å². The Morgan fingerprint density at radius 1 is 1.04 bits per heavy atom. The van der Waals surface area contributed by atoms with Crippen LogP contribution in [0.5, 0.6) is 11.5 Å². The van der Waals surface area contributed by atoms with Crippen molar-refractivity contribution in [1.82, 2.24) is 0 Å². The van der Waals surface area contributed by atoms with E-state index in [-0.39, 0.29) is 18.3 Å². The van der Waals surface area contributed by atoms with Crippen molar-refractivity contribution in [2.45, 2.75) is 32.8 Å². The van der Waals surface area contributed by atoms with Crippen LogP contribution in [-0.2, 0) is 16.1 Å². The first-order valence-electron chi connectivity index (χ1n) is 8.59. The molecule has 0 aliphatic heterocycles. The Hall–Kier alpha value is -2.93. The monoisotopic (exact) mass is 352 g/mol. The topological polar surface area (TPSA) is 44.8 Å². The molecule has 0 saturated heterocycles. The molecule has 26 heavy (non-hydrogen) atoms. The van der Waals surface area contributed by atoms with E-state index in [1.807, 2.05) is 48.5 Å². The van der Waals surface area contributed by atoms with Crippen LogP contribution < -0.4 is 9.47 Å². The van der Waals surface area contributed by atoms with Crippen molar-refractivity contribution in [3.8, 4) is 23.3 Å². The molecule has 1 unspecified atom stereocenters. The van der Waals surface area contributed by atoms with Crippen LogP contribution in [0.4, 0.5) is 0 Å². The molecule has 0 aliphatic carbocycles. The minimum atomic E-state index is -0.236. The molecule has 0 N–H and O–H groups in total. The maximum Gasteiger partial charge on any atom is 0.307 e. The fraction of sp³-hybridized carbons (Fsp3) is 0.318. The van der Waals surface area contributed by atoms with Crippen molar-refractivity contribution in [3.05, 3.63) is 59.7 Å². The average Bonchev–Trinajstić information content (AvgIpc) is 2.67. The highest BCUT2D eigenvalue weighted by Crippen LogP contribution is 2.23. The Labute approximate surface area is 155 Å². The third-order valence-electron chi connectivity index (χ3n) is 3.84. The maximum atomic E-state index is 11.8. The lowest BCUT2D eigenvalue weighted by atomic mass is 9.96. The number of hydrogen-bond acceptors (Lipinski definition) is 4. The highest BCUT2D eigenvalue weighted by molar-refractivity contribution is 5.71. The van der Waals surface area contributed by atoms with Crippen molar-refractivity contribution >= 4 is 5.97 Å². The van der Waals surface area contributed by atoms with E-state index in [1.54, 1.807) is 21.0 Å². The van der Waals surface area contributed by atoms with E-state index in [0.29, 0.717) is 13.2 Å². The van der Waals surface area contributed by atoms with Crippen LogP contribution >= 0.6 is 0 Å². The first kappa shape index (κ1) is 19.4. The number of benzene rings is 2. The molecule has 0 aliphatic rings. The molecule has 0 radical (unpaired) electrons. The molecule has 0 bridgehead atoms. The van der Waals surface area contributed by atoms with Crippen LogP contribution in [0.3, 0.4) is 0 Å². The zero-order valence-electron chi connectivity index (χ0n) is 15.5. The number of carbonyl (C=O) groups excluding carboxylic acids is 1. The van der Waals surface area contributed by atoms with Gasteiger partial charge >= 0.3 is 5.97 Å². The van der Waals surface area contributed by atoms with E-state index in [9.17, 15) is 4.79 Å². The molecule has 0 heterocycles. The van der Waals surface area contributed by atoms with Gasteiger partial charge in [-0.3, -0.25) is 4.79 Å². The Balaban J connectivity index is 1.98. The van der Waals surface area contributed by atoms with E-state index in [0.717, 1.165) is 22.6 Å². The summed E-state index contributed by atoms with van der Waals surface area (Å²) in [6.07, 6.45) is 0.251. The van der Waals surface area contributed by atoms with Crippen LogP contribution in [0.1, 0.15) is 37.3 Å². The molecular weight excluding hydrogens is 328 g/mol. The normalized spacial score (nSPS) is 11.0. The molecule has 0 amide bonds. The van der Waals surface area contributed by atoms with Crippen molar-refractivity contribution in [2.75, 3.05) is 13.7 Å². The number of ether oxygens (including phenoxy) is 3. The lowest BCUT2D eigenvalue weighted by molar-refractivity contribution is -0.143. The van der Waals surface area contributed by atoms with Gasteiger partial charge < -0.3 is 14.2 Å². The van der Waals surface area contributed by atoms with Gasteiger partial charge in [0.15, 0.2) is 0 Å². The maximum absolute atomic E-state index is 11.8. The van der Waals surface area contributed by atoms with Crippen molar-refractivity contribution in [2.24, 2.45) is 0 Å². The summed E-state index contributed by atoms with van der Waals surface area (Å²) < 4.78 is 16.0. The minimum absolute atomic E-state index is 0.172. The van der Waals surface area contributed by atoms with E-state index in [4.69, 9.17) is 14.2 Å². The van der Waals surface area contributed by atoms with Crippen LogP contribution in [0, 0.1) is 11.8 Å². The predicted octanol–water partition coefficient (Wildman–Crippen LogP) is 4.33. The molecule has 136 valence electrons. The van der Waals surface area contributed by atoms with Gasteiger partial charge in [0, 0.05) is 0 Å². The first-order chi connectivity index (χ1) is 12.7. The molecule has 0 spiro atoms. The highest BCUT2D eigenvalue weighted by Gasteiger charge is 2.14. The second-order valence-corrected chi connectivity index (χ2v) is 5.66. The summed E-state index contributed by atoms with van der Waals surface area (Å²) in [7, 11) is 1.64. The Kier molecular flexibility index (Phi) is 7.57. The highest BCUT2D eigenvalue weighted by atomic mass is 16.5. The Bertz CT molecular complexity index is 751. The largest absolute Gasteiger partial charge is 0.497 e. The van der Waals surface area contributed by atoms with Gasteiger partial charge in [0.2, 0.25) is 0 Å². The molecular formula is C22H24O4. The second kappa shape index (κ2) is 10.1. The lowest BCUT2D eigenvalue weighted by Crippen LogP contribution is -2.09. The molecule has 0 fully saturated rings. The second-order valence-electron chi connectivity index (χ2n) is 5.66. The Morgan fingerprint density at radius 3 is 2.27 bits per heavy atom. The molecule has 2 rings (SSSR count). The molecule has 1 atom stereocenters. The van der Waals surface area contributed by atoms with Crippen molar-refractivity contribution in [1.29, 1.82) is 0 Å². The third kappa shape index (κ3) is 5.86. The van der Waals surface area contributed by atoms with Gasteiger partial charge in [-0.2, -0.15) is 0 Å². The summed E-state index contributed by atoms with van der Waals surface area (Å²) >= 11 is 0. The number of methoxy groups -OCH3 is 1. The third-order valence-corrected chi connectivity index (χ3v) is 3.84. The van der Waals surface area contributed by atoms with Crippen molar-refractivity contribution < 1.29 is 19.0 Å². The summed E-state index contributed by atoms with van der Waals surface area (Å²) in [5, 5.41) is 0. The van der Waals surface area contributed by atoms with Crippen LogP contribution in [0.15, 0.2) is 48.5 Å². The summed E-state index contributed by atoms with van der Waals surface area (Å²) in [6.45, 7) is 4.42. The Morgan fingerprint density at radius 2 is 1.69 bits per heavy atom. The van der Waals surface area contributed by atoms with E-state index >= 15 is 0 Å². The molecule has 2 aromatic rings. The van der Waals surface area contributed by atoms with Crippen LogP contribution in [-0.4, -0.2) is 19.7 Å². The smallest absolute Gasteiger partial charge is 0.307 e. The number of hydrogen-bond donors (Lipinski definition) is 0. The number of carbonyl (C=O) groups is 1. The molecule has 2 aromatic carbocycles. The van der Waals surface area contributed by atoms with E-state index in [1.165, 1.54) is 0 Å². The summed E-state index contributed by atoms with van der Waals surface area (Å²) in [4.78, 5) is 11.8. The van der Waals surface area contributed by atoms with Gasteiger partial charge in [0.25, 0.3) is 0 Å². The van der Waals surface area contributed by atoms with Gasteiger partial charge in [-0.15, -0.1) is 5.92 Å². The first-order valence-corrected chi connectivity index (χ1v) is 8.59.